The van der Waals surface area contributed by atoms with Gasteiger partial charge in [-0.15, -0.1) is 0 Å². The van der Waals surface area contributed by atoms with E-state index >= 15 is 0 Å². The zero-order chi connectivity index (χ0) is 8.91. The van der Waals surface area contributed by atoms with Gasteiger partial charge in [-0.1, -0.05) is 13.3 Å². The van der Waals surface area contributed by atoms with Crippen LogP contribution in [0.15, 0.2) is 0 Å². The maximum absolute atomic E-state index is 11.0. The van der Waals surface area contributed by atoms with Crippen LogP contribution in [0.25, 0.3) is 0 Å². The summed E-state index contributed by atoms with van der Waals surface area (Å²) < 4.78 is 14.3. The van der Waals surface area contributed by atoms with E-state index in [4.69, 9.17) is 0 Å². The second kappa shape index (κ2) is 4.45. The minimum Gasteiger partial charge on any atom is -0.372 e. The van der Waals surface area contributed by atoms with Gasteiger partial charge in [-0.2, -0.15) is 0 Å². The quantitative estimate of drug-likeness (QED) is 0.618. The fourth-order valence-corrected chi connectivity index (χ4v) is 1.20. The van der Waals surface area contributed by atoms with Gasteiger partial charge in [0.05, 0.1) is 5.41 Å². The molecule has 0 aromatic carbocycles. The Balaban J connectivity index is 4.04. The van der Waals surface area contributed by atoms with Crippen molar-refractivity contribution < 1.29 is 13.9 Å². The number of carbonyl (C=O) groups is 1. The molecule has 0 bridgehead atoms. The van der Waals surface area contributed by atoms with Crippen LogP contribution in [0, 0.1) is 5.41 Å². The van der Waals surface area contributed by atoms with Crippen LogP contribution in [0.5, 0.6) is 0 Å². The molecule has 0 heterocycles. The van der Waals surface area contributed by atoms with Crippen molar-refractivity contribution in [1.29, 1.82) is 0 Å². The molecule has 11 heavy (non-hydrogen) atoms. The lowest BCUT2D eigenvalue weighted by Crippen LogP contribution is -2.23. The van der Waals surface area contributed by atoms with Crippen LogP contribution >= 0.6 is 8.69 Å². The second-order valence-electron chi connectivity index (χ2n) is 3.09. The second-order valence-corrected chi connectivity index (χ2v) is 3.42. The average Bonchev–Trinajstić information content (AvgIpc) is 1.88. The molecule has 0 aromatic rings. The molecule has 0 aliphatic carbocycles. The van der Waals surface area contributed by atoms with Gasteiger partial charge in [-0.3, -0.25) is 4.79 Å². The maximum Gasteiger partial charge on any atom is 0.398 e. The zero-order valence-electron chi connectivity index (χ0n) is 7.09. The molecule has 0 amide bonds. The summed E-state index contributed by atoms with van der Waals surface area (Å²) in [5, 5.41) is 0. The lowest BCUT2D eigenvalue weighted by molar-refractivity contribution is -0.143. The lowest BCUT2D eigenvalue weighted by atomic mass is 9.88. The van der Waals surface area contributed by atoms with Crippen molar-refractivity contribution in [1.82, 2.24) is 0 Å². The first-order valence-electron chi connectivity index (χ1n) is 3.58. The van der Waals surface area contributed by atoms with Gasteiger partial charge in [0.15, 0.2) is 0 Å². The highest BCUT2D eigenvalue weighted by Gasteiger charge is 2.28. The molecule has 0 aliphatic rings. The summed E-state index contributed by atoms with van der Waals surface area (Å²) in [6.07, 6.45) is 1.67. The Kier molecular flexibility index (Phi) is 4.27. The van der Waals surface area contributed by atoms with E-state index in [1.807, 2.05) is 6.92 Å². The fraction of sp³-hybridized carbons (Fsp3) is 0.857. The molecule has 0 saturated heterocycles. The van der Waals surface area contributed by atoms with E-state index in [2.05, 4.69) is 4.52 Å². The van der Waals surface area contributed by atoms with Gasteiger partial charge in [-0.05, 0) is 20.3 Å². The monoisotopic (exact) mass is 176 g/mol. The van der Waals surface area contributed by atoms with Crippen molar-refractivity contribution in [3.05, 3.63) is 0 Å². The van der Waals surface area contributed by atoms with E-state index in [1.54, 1.807) is 13.8 Å². The third-order valence-corrected chi connectivity index (χ3v) is 1.79. The van der Waals surface area contributed by atoms with Crippen molar-refractivity contribution in [2.45, 2.75) is 33.6 Å². The highest BCUT2D eigenvalue weighted by Crippen LogP contribution is 2.25. The number of hydrogen-bond donors (Lipinski definition) is 0. The molecule has 0 unspecified atom stereocenters. The summed E-state index contributed by atoms with van der Waals surface area (Å²) in [6.45, 7) is 5.55. The fourth-order valence-electron chi connectivity index (χ4n) is 0.884. The first-order chi connectivity index (χ1) is 5.04. The number of hydrogen-bond acceptors (Lipinski definition) is 3. The molecular weight excluding hydrogens is 163 g/mol. The van der Waals surface area contributed by atoms with E-state index in [0.29, 0.717) is 0 Å². The van der Waals surface area contributed by atoms with Crippen LogP contribution in [-0.2, 0) is 13.9 Å². The molecule has 3 nitrogen and oxygen atoms in total. The minimum absolute atomic E-state index is 0.406. The van der Waals surface area contributed by atoms with Gasteiger partial charge >= 0.3 is 14.7 Å². The Labute approximate surface area is 68.4 Å². The summed E-state index contributed by atoms with van der Waals surface area (Å²) >= 11 is 0. The van der Waals surface area contributed by atoms with Gasteiger partial charge < -0.3 is 4.52 Å². The molecule has 0 N–H and O–H groups in total. The highest BCUT2D eigenvalue weighted by molar-refractivity contribution is 7.18. The Morgan fingerprint density at radius 2 is 2.09 bits per heavy atom. The Bertz CT molecular complexity index is 154. The van der Waals surface area contributed by atoms with Crippen LogP contribution in [0.1, 0.15) is 33.6 Å². The summed E-state index contributed by atoms with van der Waals surface area (Å²) in [4.78, 5) is 11.0. The van der Waals surface area contributed by atoms with Crippen molar-refractivity contribution in [2.75, 3.05) is 0 Å². The smallest absolute Gasteiger partial charge is 0.372 e. The summed E-state index contributed by atoms with van der Waals surface area (Å²) in [6, 6.07) is 0. The number of carbonyl (C=O) groups excluding carboxylic acids is 1. The Morgan fingerprint density at radius 1 is 1.55 bits per heavy atom. The first-order valence-corrected chi connectivity index (χ1v) is 4.31. The normalized spacial score (nSPS) is 11.5. The van der Waals surface area contributed by atoms with Crippen LogP contribution in [0.2, 0.25) is 0 Å². The molecule has 0 fully saturated rings. The highest BCUT2D eigenvalue weighted by atomic mass is 31.1. The molecule has 0 radical (unpaired) electrons. The van der Waals surface area contributed by atoms with E-state index in [-0.39, 0.29) is 0 Å². The zero-order valence-corrected chi connectivity index (χ0v) is 7.98. The summed E-state index contributed by atoms with van der Waals surface area (Å²) in [5.41, 5.74) is -0.508. The summed E-state index contributed by atoms with van der Waals surface area (Å²) in [5.74, 6) is -0.406. The van der Waals surface area contributed by atoms with Gasteiger partial charge in [0, 0.05) is 0 Å². The molecule has 64 valence electrons. The molecule has 0 atom stereocenters. The minimum atomic E-state index is -0.560. The van der Waals surface area contributed by atoms with Gasteiger partial charge in [-0.25, -0.2) is 4.57 Å². The molecule has 4 heteroatoms. The van der Waals surface area contributed by atoms with Gasteiger partial charge in [0.1, 0.15) is 0 Å². The molecule has 0 spiro atoms. The predicted molar refractivity (Wildman–Crippen MR) is 42.4 cm³/mol. The predicted octanol–water partition coefficient (Wildman–Crippen LogP) is 2.56. The molecule has 0 aromatic heterocycles. The third-order valence-electron chi connectivity index (χ3n) is 1.55. The number of rotatable bonds is 4. The standard InChI is InChI=1S/C7H13O3P/c1-4-5-7(2,3)6(8)10-11-9/h4-5H2,1-3H3. The van der Waals surface area contributed by atoms with Gasteiger partial charge in [0.2, 0.25) is 0 Å². The van der Waals surface area contributed by atoms with Crippen molar-refractivity contribution >= 4 is 14.7 Å². The molecule has 0 rings (SSSR count). The van der Waals surface area contributed by atoms with E-state index < -0.39 is 20.1 Å². The van der Waals surface area contributed by atoms with Gasteiger partial charge in [0.25, 0.3) is 0 Å². The molecule has 0 aliphatic heterocycles. The van der Waals surface area contributed by atoms with Crippen molar-refractivity contribution in [3.8, 4) is 0 Å². The Morgan fingerprint density at radius 3 is 2.45 bits per heavy atom. The topological polar surface area (TPSA) is 43.4 Å². The summed E-state index contributed by atoms with van der Waals surface area (Å²) in [7, 11) is -0.560. The molecular formula is C7H13O3P. The van der Waals surface area contributed by atoms with Crippen molar-refractivity contribution in [2.24, 2.45) is 5.41 Å². The van der Waals surface area contributed by atoms with E-state index in [9.17, 15) is 9.36 Å². The van der Waals surface area contributed by atoms with E-state index in [0.717, 1.165) is 12.8 Å². The third kappa shape index (κ3) is 3.47. The van der Waals surface area contributed by atoms with Crippen LogP contribution in [-0.4, -0.2) is 5.97 Å². The largest absolute Gasteiger partial charge is 0.398 e. The SMILES string of the molecule is CCCC(C)(C)C(=O)OP=O. The van der Waals surface area contributed by atoms with Crippen LogP contribution in [0.4, 0.5) is 0 Å². The van der Waals surface area contributed by atoms with E-state index in [1.165, 1.54) is 0 Å². The lowest BCUT2D eigenvalue weighted by Gasteiger charge is -2.18. The van der Waals surface area contributed by atoms with Crippen molar-refractivity contribution in [3.63, 3.8) is 0 Å². The maximum atomic E-state index is 11.0. The average molecular weight is 176 g/mol. The molecule has 0 saturated carbocycles. The van der Waals surface area contributed by atoms with Crippen LogP contribution < -0.4 is 0 Å². The first kappa shape index (κ1) is 10.6. The van der Waals surface area contributed by atoms with Crippen LogP contribution in [0.3, 0.4) is 0 Å². The Hall–Kier alpha value is -0.430.